The molecule has 6 nitrogen and oxygen atoms in total. The van der Waals surface area contributed by atoms with E-state index in [0.717, 1.165) is 35.7 Å². The molecule has 2 fully saturated rings. The van der Waals surface area contributed by atoms with Crippen LogP contribution >= 0.6 is 11.3 Å². The van der Waals surface area contributed by atoms with E-state index in [1.165, 1.54) is 0 Å². The number of hydrogen-bond acceptors (Lipinski definition) is 6. The van der Waals surface area contributed by atoms with E-state index in [4.69, 9.17) is 4.74 Å². The van der Waals surface area contributed by atoms with Crippen molar-refractivity contribution >= 4 is 33.3 Å². The van der Waals surface area contributed by atoms with Gasteiger partial charge in [0.2, 0.25) is 5.91 Å². The minimum Gasteiger partial charge on any atom is -0.379 e. The molecule has 2 aliphatic rings. The molecule has 2 aliphatic heterocycles. The van der Waals surface area contributed by atoms with Crippen molar-refractivity contribution in [3.63, 3.8) is 0 Å². The Morgan fingerprint density at radius 3 is 3.09 bits per heavy atom. The molecule has 1 spiro atoms. The lowest BCUT2D eigenvalue weighted by Gasteiger charge is -2.31. The molecule has 0 unspecified atom stereocenters. The van der Waals surface area contributed by atoms with E-state index in [2.05, 4.69) is 14.9 Å². The minimum atomic E-state index is -0.128. The zero-order chi connectivity index (χ0) is 15.2. The van der Waals surface area contributed by atoms with Crippen LogP contribution in [0.5, 0.6) is 0 Å². The predicted octanol–water partition coefficient (Wildman–Crippen LogP) is 1.38. The van der Waals surface area contributed by atoms with Gasteiger partial charge in [0.1, 0.15) is 12.1 Å². The van der Waals surface area contributed by atoms with Gasteiger partial charge in [-0.15, -0.1) is 11.3 Å². The highest BCUT2D eigenvalue weighted by Crippen LogP contribution is 2.36. The van der Waals surface area contributed by atoms with Crippen LogP contribution in [0.3, 0.4) is 0 Å². The highest BCUT2D eigenvalue weighted by atomic mass is 32.1. The molecule has 0 bridgehead atoms. The van der Waals surface area contributed by atoms with E-state index >= 15 is 0 Å². The first-order valence-electron chi connectivity index (χ1n) is 7.42. The largest absolute Gasteiger partial charge is 0.379 e. The molecule has 0 saturated carbocycles. The molecule has 2 saturated heterocycles. The molecular formula is C15H18N4O2S. The van der Waals surface area contributed by atoms with E-state index in [1.54, 1.807) is 17.7 Å². The second-order valence-corrected chi connectivity index (χ2v) is 7.15. The SMILES string of the molecule is CN1C[C@]2(COCCN(c3ncnc4ccsc34)C2)CC1=O. The Bertz CT molecular complexity index is 718. The first kappa shape index (κ1) is 13.9. The van der Waals surface area contributed by atoms with Crippen molar-refractivity contribution in [2.45, 2.75) is 6.42 Å². The van der Waals surface area contributed by atoms with Crippen LogP contribution in [0.4, 0.5) is 5.82 Å². The molecule has 1 amide bonds. The fraction of sp³-hybridized carbons (Fsp3) is 0.533. The first-order chi connectivity index (χ1) is 10.7. The molecule has 1 atom stereocenters. The zero-order valence-electron chi connectivity index (χ0n) is 12.5. The number of ether oxygens (including phenoxy) is 1. The molecule has 116 valence electrons. The number of likely N-dealkylation sites (tertiary alicyclic amines) is 1. The molecule has 0 aromatic carbocycles. The van der Waals surface area contributed by atoms with E-state index in [-0.39, 0.29) is 11.3 Å². The molecule has 0 radical (unpaired) electrons. The molecule has 2 aromatic heterocycles. The Morgan fingerprint density at radius 1 is 1.36 bits per heavy atom. The average Bonchev–Trinajstić information content (AvgIpc) is 3.01. The standard InChI is InChI=1S/C15H18N4O2S/c1-18-7-15(6-12(18)20)8-19(3-4-21-9-15)14-13-11(2-5-22-13)16-10-17-14/h2,5,10H,3-4,6-9H2,1H3/t15-/m1/s1. The second kappa shape index (κ2) is 5.17. The summed E-state index contributed by atoms with van der Waals surface area (Å²) >= 11 is 1.66. The van der Waals surface area contributed by atoms with Gasteiger partial charge in [-0.1, -0.05) is 0 Å². The van der Waals surface area contributed by atoms with Crippen LogP contribution in [0.1, 0.15) is 6.42 Å². The van der Waals surface area contributed by atoms with Gasteiger partial charge in [-0.3, -0.25) is 4.79 Å². The van der Waals surface area contributed by atoms with Crippen molar-refractivity contribution in [1.29, 1.82) is 0 Å². The van der Waals surface area contributed by atoms with Crippen LogP contribution in [0.25, 0.3) is 10.2 Å². The smallest absolute Gasteiger partial charge is 0.223 e. The number of carbonyl (C=O) groups is 1. The van der Waals surface area contributed by atoms with Crippen LogP contribution in [-0.2, 0) is 9.53 Å². The fourth-order valence-corrected chi connectivity index (χ4v) is 4.34. The normalized spacial score (nSPS) is 26.1. The number of fused-ring (bicyclic) bond motifs is 1. The minimum absolute atomic E-state index is 0.128. The van der Waals surface area contributed by atoms with Gasteiger partial charge in [0.15, 0.2) is 0 Å². The van der Waals surface area contributed by atoms with E-state index in [9.17, 15) is 4.79 Å². The van der Waals surface area contributed by atoms with Crippen molar-refractivity contribution in [3.05, 3.63) is 17.8 Å². The molecule has 0 aliphatic carbocycles. The topological polar surface area (TPSA) is 58.6 Å². The third-order valence-electron chi connectivity index (χ3n) is 4.49. The van der Waals surface area contributed by atoms with Crippen LogP contribution in [-0.4, -0.2) is 60.7 Å². The summed E-state index contributed by atoms with van der Waals surface area (Å²) in [6, 6.07) is 2.02. The summed E-state index contributed by atoms with van der Waals surface area (Å²) in [6.45, 7) is 3.65. The lowest BCUT2D eigenvalue weighted by Crippen LogP contribution is -2.40. The highest BCUT2D eigenvalue weighted by Gasteiger charge is 2.44. The summed E-state index contributed by atoms with van der Waals surface area (Å²) in [5.41, 5.74) is 0.852. The first-order valence-corrected chi connectivity index (χ1v) is 8.30. The van der Waals surface area contributed by atoms with Crippen molar-refractivity contribution < 1.29 is 9.53 Å². The van der Waals surface area contributed by atoms with Gasteiger partial charge < -0.3 is 14.5 Å². The lowest BCUT2D eigenvalue weighted by molar-refractivity contribution is -0.126. The summed E-state index contributed by atoms with van der Waals surface area (Å²) in [5.74, 6) is 1.17. The predicted molar refractivity (Wildman–Crippen MR) is 85.1 cm³/mol. The van der Waals surface area contributed by atoms with Crippen molar-refractivity contribution in [2.75, 3.05) is 44.8 Å². The third-order valence-corrected chi connectivity index (χ3v) is 5.39. The number of hydrogen-bond donors (Lipinski definition) is 0. The quantitative estimate of drug-likeness (QED) is 0.795. The van der Waals surface area contributed by atoms with E-state index in [1.807, 2.05) is 23.4 Å². The Morgan fingerprint density at radius 2 is 2.27 bits per heavy atom. The van der Waals surface area contributed by atoms with Gasteiger partial charge in [-0.25, -0.2) is 9.97 Å². The maximum Gasteiger partial charge on any atom is 0.223 e. The molecule has 4 rings (SSSR count). The van der Waals surface area contributed by atoms with Crippen LogP contribution in [0, 0.1) is 5.41 Å². The maximum atomic E-state index is 12.0. The summed E-state index contributed by atoms with van der Waals surface area (Å²) in [6.07, 6.45) is 2.17. The summed E-state index contributed by atoms with van der Waals surface area (Å²) < 4.78 is 6.92. The molecule has 2 aromatic rings. The summed E-state index contributed by atoms with van der Waals surface area (Å²) in [7, 11) is 1.87. The number of thiophene rings is 1. The number of amides is 1. The Kier molecular flexibility index (Phi) is 3.27. The van der Waals surface area contributed by atoms with Crippen molar-refractivity contribution in [2.24, 2.45) is 5.41 Å². The fourth-order valence-electron chi connectivity index (χ4n) is 3.48. The number of nitrogens with zero attached hydrogens (tertiary/aromatic N) is 4. The van der Waals surface area contributed by atoms with Gasteiger partial charge in [0, 0.05) is 38.5 Å². The second-order valence-electron chi connectivity index (χ2n) is 6.23. The molecule has 4 heterocycles. The van der Waals surface area contributed by atoms with Gasteiger partial charge >= 0.3 is 0 Å². The Hall–Kier alpha value is -1.73. The molecular weight excluding hydrogens is 300 g/mol. The number of rotatable bonds is 1. The Balaban J connectivity index is 1.69. The molecule has 0 N–H and O–H groups in total. The van der Waals surface area contributed by atoms with Gasteiger partial charge in [0.25, 0.3) is 0 Å². The van der Waals surface area contributed by atoms with Gasteiger partial charge in [-0.05, 0) is 11.4 Å². The van der Waals surface area contributed by atoms with E-state index in [0.29, 0.717) is 19.6 Å². The Labute approximate surface area is 132 Å². The summed E-state index contributed by atoms with van der Waals surface area (Å²) in [5, 5.41) is 2.04. The van der Waals surface area contributed by atoms with Gasteiger partial charge in [-0.2, -0.15) is 0 Å². The molecule has 22 heavy (non-hydrogen) atoms. The monoisotopic (exact) mass is 318 g/mol. The maximum absolute atomic E-state index is 12.0. The van der Waals surface area contributed by atoms with Crippen LogP contribution < -0.4 is 4.90 Å². The van der Waals surface area contributed by atoms with Gasteiger partial charge in [0.05, 0.1) is 23.4 Å². The summed E-state index contributed by atoms with van der Waals surface area (Å²) in [4.78, 5) is 24.9. The number of anilines is 1. The number of aromatic nitrogens is 2. The number of carbonyl (C=O) groups excluding carboxylic acids is 1. The van der Waals surface area contributed by atoms with E-state index < -0.39 is 0 Å². The average molecular weight is 318 g/mol. The lowest BCUT2D eigenvalue weighted by atomic mass is 9.87. The van der Waals surface area contributed by atoms with Crippen LogP contribution in [0.15, 0.2) is 17.8 Å². The van der Waals surface area contributed by atoms with Crippen molar-refractivity contribution in [1.82, 2.24) is 14.9 Å². The van der Waals surface area contributed by atoms with Crippen LogP contribution in [0.2, 0.25) is 0 Å². The third kappa shape index (κ3) is 2.24. The zero-order valence-corrected chi connectivity index (χ0v) is 13.3. The molecule has 7 heteroatoms. The highest BCUT2D eigenvalue weighted by molar-refractivity contribution is 7.17. The van der Waals surface area contributed by atoms with Crippen molar-refractivity contribution in [3.8, 4) is 0 Å².